The number of anilines is 1. The summed E-state index contributed by atoms with van der Waals surface area (Å²) < 4.78 is 28.8. The maximum absolute atomic E-state index is 13.3. The molecule has 0 aliphatic heterocycles. The Morgan fingerprint density at radius 2 is 1.48 bits per heavy atom. The quantitative estimate of drug-likeness (QED) is 0.418. The fourth-order valence-electron chi connectivity index (χ4n) is 3.36. The van der Waals surface area contributed by atoms with Gasteiger partial charge >= 0.3 is 0 Å². The van der Waals surface area contributed by atoms with Crippen LogP contribution in [0.2, 0.25) is 10.0 Å². The van der Waals surface area contributed by atoms with Crippen molar-refractivity contribution in [2.24, 2.45) is 0 Å². The monoisotopic (exact) mass is 505 g/mol. The van der Waals surface area contributed by atoms with E-state index in [4.69, 9.17) is 28.9 Å². The van der Waals surface area contributed by atoms with Crippen LogP contribution in [0.3, 0.4) is 0 Å². The Morgan fingerprint density at radius 3 is 2.03 bits per heavy atom. The smallest absolute Gasteiger partial charge is 0.241 e. The van der Waals surface area contributed by atoms with E-state index in [0.29, 0.717) is 13.0 Å². The van der Waals surface area contributed by atoms with E-state index in [-0.39, 0.29) is 33.0 Å². The minimum absolute atomic E-state index is 0.0243. The van der Waals surface area contributed by atoms with Crippen molar-refractivity contribution in [1.29, 1.82) is 0 Å². The van der Waals surface area contributed by atoms with Crippen LogP contribution in [-0.4, -0.2) is 32.3 Å². The van der Waals surface area contributed by atoms with Crippen LogP contribution in [0.4, 0.5) is 5.69 Å². The fraction of sp³-hybridized carbons (Fsp3) is 0.208. The summed E-state index contributed by atoms with van der Waals surface area (Å²) in [7, 11) is -2.45. The largest absolute Gasteiger partial charge is 0.396 e. The summed E-state index contributed by atoms with van der Waals surface area (Å²) in [5.74, 6) is -0.342. The summed E-state index contributed by atoms with van der Waals surface area (Å²) in [5, 5.41) is 0.0486. The van der Waals surface area contributed by atoms with Gasteiger partial charge < -0.3 is 10.6 Å². The molecule has 0 radical (unpaired) electrons. The van der Waals surface area contributed by atoms with Gasteiger partial charge in [-0.3, -0.25) is 4.79 Å². The second-order valence-corrected chi connectivity index (χ2v) is 10.2. The summed E-state index contributed by atoms with van der Waals surface area (Å²) in [4.78, 5) is 14.6. The number of halogens is 2. The predicted octanol–water partition coefficient (Wildman–Crippen LogP) is 4.51. The number of hydrogen-bond acceptors (Lipinski definition) is 4. The lowest BCUT2D eigenvalue weighted by molar-refractivity contribution is -0.132. The zero-order chi connectivity index (χ0) is 24.0. The topological polar surface area (TPSA) is 92.5 Å². The molecule has 0 aromatic heterocycles. The van der Waals surface area contributed by atoms with Crippen LogP contribution < -0.4 is 10.5 Å². The number of nitrogens with one attached hydrogen (secondary N) is 1. The third-order valence-electron chi connectivity index (χ3n) is 5.16. The predicted molar refractivity (Wildman–Crippen MR) is 133 cm³/mol. The lowest BCUT2D eigenvalue weighted by atomic mass is 10.0. The Morgan fingerprint density at radius 1 is 0.970 bits per heavy atom. The maximum Gasteiger partial charge on any atom is 0.241 e. The van der Waals surface area contributed by atoms with Crippen molar-refractivity contribution in [2.45, 2.75) is 30.3 Å². The molecule has 33 heavy (non-hydrogen) atoms. The average Bonchev–Trinajstić information content (AvgIpc) is 2.80. The van der Waals surface area contributed by atoms with Crippen molar-refractivity contribution >= 4 is 44.8 Å². The number of aryl methyl sites for hydroxylation is 1. The number of benzene rings is 3. The fourth-order valence-corrected chi connectivity index (χ4v) is 5.25. The third kappa shape index (κ3) is 6.71. The van der Waals surface area contributed by atoms with Gasteiger partial charge in [0, 0.05) is 13.6 Å². The van der Waals surface area contributed by atoms with E-state index >= 15 is 0 Å². The first-order valence-electron chi connectivity index (χ1n) is 10.3. The first kappa shape index (κ1) is 25.1. The molecule has 0 spiro atoms. The summed E-state index contributed by atoms with van der Waals surface area (Å²) in [5.41, 5.74) is 7.76. The van der Waals surface area contributed by atoms with E-state index < -0.39 is 16.1 Å². The number of sulfonamides is 1. The third-order valence-corrected chi connectivity index (χ3v) is 7.24. The van der Waals surface area contributed by atoms with E-state index in [1.165, 1.54) is 17.0 Å². The number of hydrogen-bond donors (Lipinski definition) is 2. The Kier molecular flexibility index (Phi) is 8.37. The molecule has 6 nitrogen and oxygen atoms in total. The van der Waals surface area contributed by atoms with Crippen LogP contribution in [0.15, 0.2) is 77.7 Å². The Balaban J connectivity index is 1.84. The normalized spacial score (nSPS) is 12.3. The van der Waals surface area contributed by atoms with E-state index in [1.54, 1.807) is 7.05 Å². The molecule has 174 valence electrons. The number of amides is 1. The van der Waals surface area contributed by atoms with Crippen molar-refractivity contribution in [2.75, 3.05) is 12.8 Å². The minimum atomic E-state index is -4.10. The minimum Gasteiger partial charge on any atom is -0.396 e. The summed E-state index contributed by atoms with van der Waals surface area (Å²) >= 11 is 12.1. The lowest BCUT2D eigenvalue weighted by Crippen LogP contribution is -2.47. The van der Waals surface area contributed by atoms with Crippen molar-refractivity contribution in [3.05, 3.63) is 94.0 Å². The number of nitrogens with two attached hydrogens (primary N) is 1. The molecule has 0 aliphatic carbocycles. The molecule has 0 bridgehead atoms. The van der Waals surface area contributed by atoms with Gasteiger partial charge in [0.2, 0.25) is 15.9 Å². The molecule has 3 aromatic rings. The highest BCUT2D eigenvalue weighted by molar-refractivity contribution is 7.89. The van der Waals surface area contributed by atoms with Gasteiger partial charge in [0.25, 0.3) is 0 Å². The summed E-state index contributed by atoms with van der Waals surface area (Å²) in [6, 6.07) is 20.5. The Labute approximate surface area is 204 Å². The summed E-state index contributed by atoms with van der Waals surface area (Å²) in [6.07, 6.45) is 0.792. The van der Waals surface area contributed by atoms with Gasteiger partial charge in [-0.05, 0) is 36.1 Å². The highest BCUT2D eigenvalue weighted by Crippen LogP contribution is 2.30. The summed E-state index contributed by atoms with van der Waals surface area (Å²) in [6.45, 7) is 0.350. The van der Waals surface area contributed by atoms with Crippen LogP contribution in [0.5, 0.6) is 0 Å². The van der Waals surface area contributed by atoms with Gasteiger partial charge in [-0.1, -0.05) is 83.9 Å². The van der Waals surface area contributed by atoms with Crippen LogP contribution in [0.25, 0.3) is 0 Å². The number of likely N-dealkylation sites (N-methyl/N-ethyl adjacent to an activating group) is 1. The second kappa shape index (κ2) is 11.0. The number of carbonyl (C=O) groups is 1. The Bertz CT molecular complexity index is 1180. The van der Waals surface area contributed by atoms with Crippen LogP contribution in [0, 0.1) is 0 Å². The number of nitrogen functional groups attached to an aromatic ring is 1. The van der Waals surface area contributed by atoms with Crippen molar-refractivity contribution in [3.63, 3.8) is 0 Å². The van der Waals surface area contributed by atoms with Crippen molar-refractivity contribution < 1.29 is 13.2 Å². The molecular weight excluding hydrogens is 481 g/mol. The van der Waals surface area contributed by atoms with Gasteiger partial charge in [0.1, 0.15) is 6.04 Å². The SMILES string of the molecule is CN(Cc1ccccc1)C(=O)[C@@H](CCc1ccccc1)NS(=O)(=O)c1cc(Cl)c(N)c(Cl)c1. The van der Waals surface area contributed by atoms with Crippen LogP contribution in [-0.2, 0) is 27.8 Å². The first-order chi connectivity index (χ1) is 15.7. The zero-order valence-electron chi connectivity index (χ0n) is 18.0. The number of carbonyl (C=O) groups excluding carboxylic acids is 1. The van der Waals surface area contributed by atoms with Crippen LogP contribution >= 0.6 is 23.2 Å². The molecule has 1 atom stereocenters. The molecule has 0 aliphatic rings. The highest BCUT2D eigenvalue weighted by atomic mass is 35.5. The molecule has 1 amide bonds. The van der Waals surface area contributed by atoms with Crippen LogP contribution in [0.1, 0.15) is 17.5 Å². The first-order valence-corrected chi connectivity index (χ1v) is 12.5. The molecule has 0 fully saturated rings. The zero-order valence-corrected chi connectivity index (χ0v) is 20.4. The van der Waals surface area contributed by atoms with E-state index in [0.717, 1.165) is 11.1 Å². The van der Waals surface area contributed by atoms with Gasteiger partial charge in [0.15, 0.2) is 0 Å². The molecule has 0 saturated heterocycles. The average molecular weight is 506 g/mol. The molecule has 0 unspecified atom stereocenters. The van der Waals surface area contributed by atoms with E-state index in [2.05, 4.69) is 4.72 Å². The molecule has 3 N–H and O–H groups in total. The number of rotatable bonds is 9. The van der Waals surface area contributed by atoms with Gasteiger partial charge in [-0.25, -0.2) is 8.42 Å². The molecular formula is C24H25Cl2N3O3S. The standard InChI is InChI=1S/C24H25Cl2N3O3S/c1-29(16-18-10-6-3-7-11-18)24(30)22(13-12-17-8-4-2-5-9-17)28-33(31,32)19-14-20(25)23(27)21(26)15-19/h2-11,14-15,22,28H,12-13,16,27H2,1H3/t22-/m1/s1. The van der Waals surface area contributed by atoms with Crippen molar-refractivity contribution in [1.82, 2.24) is 9.62 Å². The van der Waals surface area contributed by atoms with Gasteiger partial charge in [-0.15, -0.1) is 0 Å². The van der Waals surface area contributed by atoms with Gasteiger partial charge in [-0.2, -0.15) is 4.72 Å². The number of nitrogens with zero attached hydrogens (tertiary/aromatic N) is 1. The van der Waals surface area contributed by atoms with E-state index in [1.807, 2.05) is 60.7 Å². The van der Waals surface area contributed by atoms with Crippen molar-refractivity contribution in [3.8, 4) is 0 Å². The molecule has 9 heteroatoms. The highest BCUT2D eigenvalue weighted by Gasteiger charge is 2.28. The molecule has 0 saturated carbocycles. The lowest BCUT2D eigenvalue weighted by Gasteiger charge is -2.25. The Hall–Kier alpha value is -2.58. The molecule has 0 heterocycles. The molecule has 3 aromatic carbocycles. The van der Waals surface area contributed by atoms with E-state index in [9.17, 15) is 13.2 Å². The van der Waals surface area contributed by atoms with Gasteiger partial charge in [0.05, 0.1) is 20.6 Å². The second-order valence-electron chi connectivity index (χ2n) is 7.68. The molecule has 3 rings (SSSR count). The maximum atomic E-state index is 13.3.